The minimum Gasteiger partial charge on any atom is -0.480 e. The Morgan fingerprint density at radius 3 is 2.67 bits per heavy atom. The number of carbonyl (C=O) groups excluding carboxylic acids is 1. The topological polar surface area (TPSA) is 101 Å². The third-order valence-electron chi connectivity index (χ3n) is 7.86. The van der Waals surface area contributed by atoms with Crippen LogP contribution in [-0.2, 0) is 9.47 Å². The van der Waals surface area contributed by atoms with Crippen molar-refractivity contribution in [1.82, 2.24) is 14.9 Å². The first-order valence-electron chi connectivity index (χ1n) is 14.5. The average Bonchev–Trinajstić information content (AvgIpc) is 3.70. The van der Waals surface area contributed by atoms with Crippen LogP contribution in [0, 0.1) is 11.8 Å². The lowest BCUT2D eigenvalue weighted by atomic mass is 9.93. The van der Waals surface area contributed by atoms with E-state index in [1.54, 1.807) is 23.8 Å². The van der Waals surface area contributed by atoms with Crippen molar-refractivity contribution in [2.75, 3.05) is 56.7 Å². The Balaban J connectivity index is 1.31. The Bertz CT molecular complexity index is 1220. The molecule has 0 radical (unpaired) electrons. The Kier molecular flexibility index (Phi) is 7.69. The summed E-state index contributed by atoms with van der Waals surface area (Å²) in [6.07, 6.45) is 10.7. The van der Waals surface area contributed by atoms with Crippen molar-refractivity contribution in [3.63, 3.8) is 0 Å². The zero-order valence-electron chi connectivity index (χ0n) is 23.9. The van der Waals surface area contributed by atoms with Gasteiger partial charge in [-0.1, -0.05) is 23.9 Å². The van der Waals surface area contributed by atoms with E-state index in [1.165, 1.54) is 12.8 Å². The van der Waals surface area contributed by atoms with Crippen LogP contribution in [0.5, 0.6) is 5.88 Å². The molecule has 1 aromatic rings. The van der Waals surface area contributed by atoms with Gasteiger partial charge in [0.05, 0.1) is 31.3 Å². The van der Waals surface area contributed by atoms with Crippen molar-refractivity contribution < 1.29 is 19.0 Å². The molecule has 3 fully saturated rings. The van der Waals surface area contributed by atoms with E-state index in [0.29, 0.717) is 55.1 Å². The fourth-order valence-corrected chi connectivity index (χ4v) is 7.16. The zero-order valence-corrected chi connectivity index (χ0v) is 24.7. The van der Waals surface area contributed by atoms with Gasteiger partial charge in [-0.25, -0.2) is 9.79 Å². The monoisotopic (exact) mass is 568 g/mol. The van der Waals surface area contributed by atoms with Crippen molar-refractivity contribution in [2.24, 2.45) is 16.8 Å². The molecule has 4 heterocycles. The number of likely N-dealkylation sites (tertiary alicyclic amines) is 1. The van der Waals surface area contributed by atoms with Gasteiger partial charge < -0.3 is 29.3 Å². The highest BCUT2D eigenvalue weighted by atomic mass is 32.2. The Morgan fingerprint density at radius 1 is 1.15 bits per heavy atom. The van der Waals surface area contributed by atoms with E-state index < -0.39 is 5.60 Å². The average molecular weight is 569 g/mol. The molecule has 3 atom stereocenters. The van der Waals surface area contributed by atoms with Gasteiger partial charge in [0.25, 0.3) is 0 Å². The van der Waals surface area contributed by atoms with Crippen LogP contribution in [0.2, 0.25) is 0 Å². The highest BCUT2D eigenvalue weighted by molar-refractivity contribution is 8.15. The molecule has 2 saturated heterocycles. The molecule has 2 aliphatic carbocycles. The summed E-state index contributed by atoms with van der Waals surface area (Å²) in [5.41, 5.74) is 1.37. The number of nitrogens with zero attached hydrogens (tertiary/aromatic N) is 5. The third kappa shape index (κ3) is 5.95. The van der Waals surface area contributed by atoms with Crippen LogP contribution in [0.3, 0.4) is 0 Å². The van der Waals surface area contributed by atoms with Crippen molar-refractivity contribution in [3.05, 3.63) is 29.5 Å². The van der Waals surface area contributed by atoms with Crippen molar-refractivity contribution in [1.29, 1.82) is 0 Å². The van der Waals surface area contributed by atoms with Gasteiger partial charge in [-0.3, -0.25) is 0 Å². The van der Waals surface area contributed by atoms with E-state index in [9.17, 15) is 4.79 Å². The molecule has 1 saturated carbocycles. The summed E-state index contributed by atoms with van der Waals surface area (Å²) in [4.78, 5) is 31.8. The minimum absolute atomic E-state index is 0.00605. The normalized spacial score (nSPS) is 26.6. The Labute approximate surface area is 240 Å². The standard InChI is InChI=1S/C29H40N6O4S/c1-29(2,3)39-28(36)35-12-6-7-19(17-35)30-24-22(25(37-4)33-27(32-24)34-13-15-38-16-14-34)26-31-21-9-5-8-20(18-10-11-18)23(21)40-26/h5,8-9,18-20,23H,6-7,10-17H2,1-4H3,(H,30,32,33). The summed E-state index contributed by atoms with van der Waals surface area (Å²) in [7, 11) is 1.66. The molecule has 1 aromatic heterocycles. The quantitative estimate of drug-likeness (QED) is 0.532. The Morgan fingerprint density at radius 2 is 1.95 bits per heavy atom. The van der Waals surface area contributed by atoms with E-state index in [4.69, 9.17) is 29.2 Å². The van der Waals surface area contributed by atoms with Crippen LogP contribution in [0.15, 0.2) is 28.9 Å². The molecule has 3 unspecified atom stereocenters. The van der Waals surface area contributed by atoms with Gasteiger partial charge in [-0.2, -0.15) is 9.97 Å². The number of allylic oxidation sites excluding steroid dienone is 3. The number of piperidine rings is 1. The number of thioether (sulfide) groups is 1. The predicted molar refractivity (Wildman–Crippen MR) is 157 cm³/mol. The number of aliphatic imine (C=N–C) groups is 1. The molecule has 216 valence electrons. The molecular weight excluding hydrogens is 528 g/mol. The molecule has 6 rings (SSSR count). The van der Waals surface area contributed by atoms with E-state index in [2.05, 4.69) is 28.4 Å². The lowest BCUT2D eigenvalue weighted by molar-refractivity contribution is 0.0206. The maximum atomic E-state index is 12.9. The van der Waals surface area contributed by atoms with E-state index in [0.717, 1.165) is 48.2 Å². The lowest BCUT2D eigenvalue weighted by Gasteiger charge is -2.35. The maximum Gasteiger partial charge on any atom is 0.410 e. The smallest absolute Gasteiger partial charge is 0.410 e. The number of amides is 1. The molecule has 1 N–H and O–H groups in total. The molecule has 1 amide bonds. The van der Waals surface area contributed by atoms with Gasteiger partial charge in [0.15, 0.2) is 0 Å². The second-order valence-corrected chi connectivity index (χ2v) is 13.2. The number of fused-ring (bicyclic) bond motifs is 1. The highest BCUT2D eigenvalue weighted by Crippen LogP contribution is 2.50. The zero-order chi connectivity index (χ0) is 27.9. The summed E-state index contributed by atoms with van der Waals surface area (Å²) in [5.74, 6) is 3.07. The van der Waals surface area contributed by atoms with Gasteiger partial charge >= 0.3 is 6.09 Å². The molecule has 0 spiro atoms. The van der Waals surface area contributed by atoms with Gasteiger partial charge in [0.2, 0.25) is 11.8 Å². The van der Waals surface area contributed by atoms with Gasteiger partial charge in [-0.15, -0.1) is 0 Å². The number of rotatable bonds is 6. The van der Waals surface area contributed by atoms with Crippen molar-refractivity contribution >= 4 is 34.7 Å². The molecule has 40 heavy (non-hydrogen) atoms. The largest absolute Gasteiger partial charge is 0.480 e. The third-order valence-corrected chi connectivity index (χ3v) is 9.18. The highest BCUT2D eigenvalue weighted by Gasteiger charge is 2.42. The number of aromatic nitrogens is 2. The Hall–Kier alpha value is -2.79. The van der Waals surface area contributed by atoms with Crippen LogP contribution < -0.4 is 15.0 Å². The first kappa shape index (κ1) is 27.4. The van der Waals surface area contributed by atoms with Crippen LogP contribution in [0.1, 0.15) is 52.0 Å². The summed E-state index contributed by atoms with van der Waals surface area (Å²) in [5, 5.41) is 4.88. The number of carbonyl (C=O) groups is 1. The summed E-state index contributed by atoms with van der Waals surface area (Å²) >= 11 is 1.80. The second kappa shape index (κ2) is 11.2. The van der Waals surface area contributed by atoms with Crippen LogP contribution in [0.25, 0.3) is 0 Å². The van der Waals surface area contributed by atoms with E-state index >= 15 is 0 Å². The fourth-order valence-electron chi connectivity index (χ4n) is 5.74. The second-order valence-electron chi connectivity index (χ2n) is 12.1. The van der Waals surface area contributed by atoms with Crippen LogP contribution >= 0.6 is 11.8 Å². The van der Waals surface area contributed by atoms with Crippen molar-refractivity contribution in [2.45, 2.75) is 63.3 Å². The molecule has 0 bridgehead atoms. The lowest BCUT2D eigenvalue weighted by Crippen LogP contribution is -2.47. The predicted octanol–water partition coefficient (Wildman–Crippen LogP) is 4.48. The molecular formula is C29H40N6O4S. The molecule has 0 aromatic carbocycles. The van der Waals surface area contributed by atoms with Crippen LogP contribution in [-0.4, -0.2) is 89.4 Å². The molecule has 10 nitrogen and oxygen atoms in total. The van der Waals surface area contributed by atoms with Crippen molar-refractivity contribution in [3.8, 4) is 5.88 Å². The van der Waals surface area contributed by atoms with E-state index in [1.807, 2.05) is 20.8 Å². The number of nitrogens with one attached hydrogen (secondary N) is 1. The molecule has 5 aliphatic rings. The summed E-state index contributed by atoms with van der Waals surface area (Å²) < 4.78 is 17.1. The number of ether oxygens (including phenoxy) is 3. The number of morpholine rings is 1. The SMILES string of the molecule is COc1nc(N2CCOCC2)nc(NC2CCCN(C(=O)OC(C)(C)C)C2)c1C1=NC2=CC=CC(C3CC3)C2S1. The number of anilines is 2. The van der Waals surface area contributed by atoms with E-state index in [-0.39, 0.29) is 12.1 Å². The minimum atomic E-state index is -0.534. The summed E-state index contributed by atoms with van der Waals surface area (Å²) in [6, 6.07) is 0.00605. The van der Waals surface area contributed by atoms with Gasteiger partial charge in [-0.05, 0) is 64.4 Å². The van der Waals surface area contributed by atoms with Gasteiger partial charge in [0, 0.05) is 32.2 Å². The fraction of sp³-hybridized carbons (Fsp3) is 0.655. The maximum absolute atomic E-state index is 12.9. The molecule has 11 heteroatoms. The first-order valence-corrected chi connectivity index (χ1v) is 15.3. The first-order chi connectivity index (χ1) is 19.3. The van der Waals surface area contributed by atoms with Crippen LogP contribution in [0.4, 0.5) is 16.6 Å². The number of hydrogen-bond acceptors (Lipinski definition) is 10. The number of methoxy groups -OCH3 is 1. The van der Waals surface area contributed by atoms with Gasteiger partial charge in [0.1, 0.15) is 22.0 Å². The summed E-state index contributed by atoms with van der Waals surface area (Å²) in [6.45, 7) is 9.62. The molecule has 3 aliphatic heterocycles. The number of hydrogen-bond donors (Lipinski definition) is 1.